The van der Waals surface area contributed by atoms with Crippen LogP contribution in [0.1, 0.15) is 5.76 Å². The van der Waals surface area contributed by atoms with Gasteiger partial charge in [-0.3, -0.25) is 15.1 Å². The van der Waals surface area contributed by atoms with Crippen LogP contribution in [0.2, 0.25) is 0 Å². The molecule has 0 saturated carbocycles. The molecule has 0 spiro atoms. The van der Waals surface area contributed by atoms with E-state index < -0.39 is 4.92 Å². The minimum absolute atomic E-state index is 0.311. The second kappa shape index (κ2) is 6.57. The molecule has 1 heterocycles. The van der Waals surface area contributed by atoms with E-state index in [-0.39, 0.29) is 5.88 Å². The number of hydrogen-bond acceptors (Lipinski definition) is 5. The molecule has 0 amide bonds. The van der Waals surface area contributed by atoms with Crippen molar-refractivity contribution in [1.29, 1.82) is 0 Å². The van der Waals surface area contributed by atoms with Crippen molar-refractivity contribution in [3.05, 3.63) is 82.6 Å². The summed E-state index contributed by atoms with van der Waals surface area (Å²) in [5.74, 6) is 1.38. The summed E-state index contributed by atoms with van der Waals surface area (Å²) in [7, 11) is 0. The molecule has 6 nitrogen and oxygen atoms in total. The Morgan fingerprint density at radius 1 is 1.00 bits per heavy atom. The molecule has 2 aromatic carbocycles. The maximum absolute atomic E-state index is 10.6. The van der Waals surface area contributed by atoms with E-state index in [1.54, 1.807) is 12.1 Å². The van der Waals surface area contributed by atoms with Gasteiger partial charge in [-0.15, -0.1) is 0 Å². The van der Waals surface area contributed by atoms with Gasteiger partial charge in [0.15, 0.2) is 5.76 Å². The van der Waals surface area contributed by atoms with Gasteiger partial charge in [0.25, 0.3) is 0 Å². The zero-order valence-electron chi connectivity index (χ0n) is 12.0. The Labute approximate surface area is 131 Å². The largest absolute Gasteiger partial charge is 0.457 e. The average Bonchev–Trinajstić information content (AvgIpc) is 3.04. The van der Waals surface area contributed by atoms with Gasteiger partial charge in [0.2, 0.25) is 0 Å². The molecule has 0 N–H and O–H groups in total. The van der Waals surface area contributed by atoms with Crippen LogP contribution < -0.4 is 4.74 Å². The lowest BCUT2D eigenvalue weighted by Crippen LogP contribution is -1.83. The van der Waals surface area contributed by atoms with Crippen LogP contribution in [-0.2, 0) is 0 Å². The zero-order chi connectivity index (χ0) is 16.1. The van der Waals surface area contributed by atoms with Crippen molar-refractivity contribution in [2.75, 3.05) is 0 Å². The Balaban J connectivity index is 1.74. The van der Waals surface area contributed by atoms with E-state index in [4.69, 9.17) is 9.15 Å². The summed E-state index contributed by atoms with van der Waals surface area (Å²) in [6.45, 7) is 0. The highest BCUT2D eigenvalue weighted by molar-refractivity contribution is 5.79. The average molecular weight is 308 g/mol. The fourth-order valence-corrected chi connectivity index (χ4v) is 1.90. The Morgan fingerprint density at radius 2 is 1.78 bits per heavy atom. The second-order valence-electron chi connectivity index (χ2n) is 4.60. The van der Waals surface area contributed by atoms with Gasteiger partial charge < -0.3 is 9.15 Å². The number of nitro groups is 1. The molecule has 0 saturated heterocycles. The lowest BCUT2D eigenvalue weighted by molar-refractivity contribution is -0.402. The number of rotatable bonds is 5. The summed E-state index contributed by atoms with van der Waals surface area (Å²) in [5, 5.41) is 10.6. The zero-order valence-corrected chi connectivity index (χ0v) is 12.0. The predicted molar refractivity (Wildman–Crippen MR) is 85.6 cm³/mol. The van der Waals surface area contributed by atoms with Crippen molar-refractivity contribution in [2.24, 2.45) is 4.99 Å². The van der Waals surface area contributed by atoms with Crippen molar-refractivity contribution in [2.45, 2.75) is 0 Å². The minimum atomic E-state index is -0.592. The van der Waals surface area contributed by atoms with Crippen LogP contribution in [0.5, 0.6) is 11.5 Å². The van der Waals surface area contributed by atoms with E-state index >= 15 is 0 Å². The van der Waals surface area contributed by atoms with E-state index in [0.717, 1.165) is 5.75 Å². The molecule has 0 aliphatic heterocycles. The van der Waals surface area contributed by atoms with Gasteiger partial charge in [-0.2, -0.15) is 0 Å². The molecule has 0 unspecified atom stereocenters. The van der Waals surface area contributed by atoms with Crippen LogP contribution in [0.15, 0.2) is 76.1 Å². The highest BCUT2D eigenvalue weighted by Crippen LogP contribution is 2.25. The number of furan rings is 1. The van der Waals surface area contributed by atoms with Crippen LogP contribution in [0.3, 0.4) is 0 Å². The van der Waals surface area contributed by atoms with Crippen molar-refractivity contribution in [3.8, 4) is 11.5 Å². The molecule has 23 heavy (non-hydrogen) atoms. The van der Waals surface area contributed by atoms with E-state index in [9.17, 15) is 10.1 Å². The second-order valence-corrected chi connectivity index (χ2v) is 4.60. The lowest BCUT2D eigenvalue weighted by Gasteiger charge is -2.05. The first-order valence-corrected chi connectivity index (χ1v) is 6.82. The number of nitrogens with zero attached hydrogens (tertiary/aromatic N) is 2. The van der Waals surface area contributed by atoms with Gasteiger partial charge in [-0.25, -0.2) is 0 Å². The third-order valence-electron chi connectivity index (χ3n) is 2.93. The minimum Gasteiger partial charge on any atom is -0.457 e. The lowest BCUT2D eigenvalue weighted by atomic mass is 10.3. The quantitative estimate of drug-likeness (QED) is 0.388. The van der Waals surface area contributed by atoms with Crippen LogP contribution in [-0.4, -0.2) is 11.1 Å². The van der Waals surface area contributed by atoms with Gasteiger partial charge >= 0.3 is 5.88 Å². The Morgan fingerprint density at radius 3 is 2.52 bits per heavy atom. The SMILES string of the molecule is O=[N+]([O-])c1ccc(C=Nc2cccc(Oc3ccccc3)c2)o1. The molecule has 1 aromatic heterocycles. The molecule has 0 aliphatic carbocycles. The third kappa shape index (κ3) is 3.82. The normalized spacial score (nSPS) is 10.8. The number of para-hydroxylation sites is 1. The van der Waals surface area contributed by atoms with E-state index in [2.05, 4.69) is 4.99 Å². The molecule has 114 valence electrons. The molecule has 3 aromatic rings. The number of aliphatic imine (C=N–C) groups is 1. The first-order chi connectivity index (χ1) is 11.2. The smallest absolute Gasteiger partial charge is 0.433 e. The molecular formula is C17H12N2O4. The van der Waals surface area contributed by atoms with E-state index in [1.165, 1.54) is 18.3 Å². The van der Waals surface area contributed by atoms with E-state index in [1.807, 2.05) is 42.5 Å². The van der Waals surface area contributed by atoms with Gasteiger partial charge in [0.05, 0.1) is 18.0 Å². The van der Waals surface area contributed by atoms with E-state index in [0.29, 0.717) is 17.2 Å². The summed E-state index contributed by atoms with van der Waals surface area (Å²) in [6.07, 6.45) is 1.43. The molecule has 0 fully saturated rings. The summed E-state index contributed by atoms with van der Waals surface area (Å²) in [5.41, 5.74) is 0.650. The predicted octanol–water partition coefficient (Wildman–Crippen LogP) is 4.73. The molecule has 0 aliphatic rings. The topological polar surface area (TPSA) is 77.9 Å². The van der Waals surface area contributed by atoms with Crippen LogP contribution in [0.4, 0.5) is 11.6 Å². The monoisotopic (exact) mass is 308 g/mol. The number of hydrogen-bond donors (Lipinski definition) is 0. The highest BCUT2D eigenvalue weighted by Gasteiger charge is 2.10. The van der Waals surface area contributed by atoms with Gasteiger partial charge in [0.1, 0.15) is 16.4 Å². The summed E-state index contributed by atoms with van der Waals surface area (Å²) in [6, 6.07) is 19.4. The van der Waals surface area contributed by atoms with Crippen LogP contribution in [0.25, 0.3) is 0 Å². The Bertz CT molecular complexity index is 841. The molecule has 3 rings (SSSR count). The fourth-order valence-electron chi connectivity index (χ4n) is 1.90. The standard InChI is InChI=1S/C17H12N2O4/c20-19(21)17-10-9-16(23-17)12-18-13-5-4-8-15(11-13)22-14-6-2-1-3-7-14/h1-12H. The molecule has 0 radical (unpaired) electrons. The molecule has 0 atom stereocenters. The fraction of sp³-hybridized carbons (Fsp3) is 0. The Kier molecular flexibility index (Phi) is 4.15. The van der Waals surface area contributed by atoms with Gasteiger partial charge in [-0.1, -0.05) is 24.3 Å². The summed E-state index contributed by atoms with van der Waals surface area (Å²) in [4.78, 5) is 14.2. The maximum atomic E-state index is 10.6. The van der Waals surface area contributed by atoms with Gasteiger partial charge in [-0.05, 0) is 30.3 Å². The third-order valence-corrected chi connectivity index (χ3v) is 2.93. The first-order valence-electron chi connectivity index (χ1n) is 6.82. The maximum Gasteiger partial charge on any atom is 0.433 e. The van der Waals surface area contributed by atoms with Crippen LogP contribution in [0, 0.1) is 10.1 Å². The first kappa shape index (κ1) is 14.5. The van der Waals surface area contributed by atoms with Crippen molar-refractivity contribution < 1.29 is 14.1 Å². The summed E-state index contributed by atoms with van der Waals surface area (Å²) < 4.78 is 10.7. The molecular weight excluding hydrogens is 296 g/mol. The molecule has 0 bridgehead atoms. The van der Waals surface area contributed by atoms with Crippen LogP contribution >= 0.6 is 0 Å². The van der Waals surface area contributed by atoms with Crippen molar-refractivity contribution >= 4 is 17.8 Å². The van der Waals surface area contributed by atoms with Crippen molar-refractivity contribution in [3.63, 3.8) is 0 Å². The highest BCUT2D eigenvalue weighted by atomic mass is 16.6. The Hall–Kier alpha value is -3.41. The number of ether oxygens (including phenoxy) is 1. The summed E-state index contributed by atoms with van der Waals surface area (Å²) >= 11 is 0. The van der Waals surface area contributed by atoms with Crippen molar-refractivity contribution in [1.82, 2.24) is 0 Å². The van der Waals surface area contributed by atoms with Gasteiger partial charge in [0, 0.05) is 6.07 Å². The number of benzene rings is 2. The molecule has 6 heteroatoms.